The number of nitrogens with zero attached hydrogens (tertiary/aromatic N) is 1. The van der Waals surface area contributed by atoms with Crippen LogP contribution in [0.25, 0.3) is 0 Å². The van der Waals surface area contributed by atoms with Crippen LogP contribution in [-0.2, 0) is 4.79 Å². The van der Waals surface area contributed by atoms with Gasteiger partial charge in [0.15, 0.2) is 0 Å². The molecule has 1 amide bonds. The fourth-order valence-electron chi connectivity index (χ4n) is 0.968. The summed E-state index contributed by atoms with van der Waals surface area (Å²) in [5.74, 6) is 4.78. The largest absolute Gasteiger partial charge is 0.355 e. The molecule has 0 aliphatic rings. The molecule has 0 aromatic carbocycles. The Morgan fingerprint density at radius 2 is 2.44 bits per heavy atom. The van der Waals surface area contributed by atoms with Crippen LogP contribution in [0.5, 0.6) is 0 Å². The van der Waals surface area contributed by atoms with Crippen molar-refractivity contribution < 1.29 is 9.18 Å². The summed E-state index contributed by atoms with van der Waals surface area (Å²) in [7, 11) is 0. The molecule has 1 aromatic heterocycles. The Bertz CT molecular complexity index is 451. The normalized spacial score (nSPS) is 9.19. The lowest BCUT2D eigenvalue weighted by Gasteiger charge is -1.96. The maximum atomic E-state index is 12.7. The SMILES string of the molecule is CC(=O)NCCC#Cc1cc(F)ncc1Cl. The number of hydrogen-bond acceptors (Lipinski definition) is 2. The maximum Gasteiger partial charge on any atom is 0.216 e. The second-order valence-corrected chi connectivity index (χ2v) is 3.43. The number of carbonyl (C=O) groups excluding carboxylic acids is 1. The van der Waals surface area contributed by atoms with Crippen molar-refractivity contribution in [3.05, 3.63) is 28.8 Å². The monoisotopic (exact) mass is 240 g/mol. The van der Waals surface area contributed by atoms with Crippen LogP contribution >= 0.6 is 11.6 Å². The standard InChI is InChI=1S/C11H10ClFN2O/c1-8(16)14-5-3-2-4-9-6-11(13)15-7-10(9)12/h6-7H,3,5H2,1H3,(H,14,16). The molecule has 0 radical (unpaired) electrons. The number of carbonyl (C=O) groups is 1. The average molecular weight is 241 g/mol. The van der Waals surface area contributed by atoms with E-state index in [0.29, 0.717) is 23.6 Å². The molecule has 0 bridgehead atoms. The van der Waals surface area contributed by atoms with E-state index in [1.54, 1.807) is 0 Å². The first-order valence-corrected chi connectivity index (χ1v) is 5.01. The van der Waals surface area contributed by atoms with Gasteiger partial charge < -0.3 is 5.32 Å². The zero-order valence-electron chi connectivity index (χ0n) is 8.68. The summed E-state index contributed by atoms with van der Waals surface area (Å²) < 4.78 is 12.7. The van der Waals surface area contributed by atoms with Gasteiger partial charge in [0.25, 0.3) is 0 Å². The van der Waals surface area contributed by atoms with Crippen LogP contribution in [0.1, 0.15) is 18.9 Å². The summed E-state index contributed by atoms with van der Waals surface area (Å²) in [6.07, 6.45) is 1.70. The van der Waals surface area contributed by atoms with Gasteiger partial charge in [-0.1, -0.05) is 23.4 Å². The molecule has 1 heterocycles. The van der Waals surface area contributed by atoms with E-state index < -0.39 is 5.95 Å². The third kappa shape index (κ3) is 4.28. The number of hydrogen-bond donors (Lipinski definition) is 1. The van der Waals surface area contributed by atoms with Gasteiger partial charge in [-0.2, -0.15) is 4.39 Å². The predicted octanol–water partition coefficient (Wildman–Crippen LogP) is 1.75. The molecule has 1 aromatic rings. The van der Waals surface area contributed by atoms with Gasteiger partial charge in [-0.25, -0.2) is 4.98 Å². The first-order chi connectivity index (χ1) is 7.59. The summed E-state index contributed by atoms with van der Waals surface area (Å²) in [6, 6.07) is 1.17. The van der Waals surface area contributed by atoms with E-state index in [0.717, 1.165) is 0 Å². The molecule has 0 aliphatic carbocycles. The highest BCUT2D eigenvalue weighted by Crippen LogP contribution is 2.13. The lowest BCUT2D eigenvalue weighted by Crippen LogP contribution is -2.20. The molecule has 0 saturated carbocycles. The predicted molar refractivity (Wildman–Crippen MR) is 59.4 cm³/mol. The first kappa shape index (κ1) is 12.5. The van der Waals surface area contributed by atoms with Crippen LogP contribution in [0.2, 0.25) is 5.02 Å². The van der Waals surface area contributed by atoms with Crippen molar-refractivity contribution in [2.45, 2.75) is 13.3 Å². The molecule has 1 N–H and O–H groups in total. The molecule has 0 fully saturated rings. The van der Waals surface area contributed by atoms with E-state index >= 15 is 0 Å². The number of amides is 1. The van der Waals surface area contributed by atoms with Crippen molar-refractivity contribution in [3.8, 4) is 11.8 Å². The molecular weight excluding hydrogens is 231 g/mol. The molecule has 5 heteroatoms. The topological polar surface area (TPSA) is 42.0 Å². The number of pyridine rings is 1. The number of nitrogens with one attached hydrogen (secondary N) is 1. The van der Waals surface area contributed by atoms with Gasteiger partial charge in [0.05, 0.1) is 5.02 Å². The molecule has 0 unspecified atom stereocenters. The van der Waals surface area contributed by atoms with E-state index in [4.69, 9.17) is 11.6 Å². The molecular formula is C11H10ClFN2O. The Kier molecular flexibility index (Phi) is 4.74. The molecule has 0 aliphatic heterocycles. The van der Waals surface area contributed by atoms with Crippen molar-refractivity contribution in [3.63, 3.8) is 0 Å². The van der Waals surface area contributed by atoms with Crippen LogP contribution in [0.4, 0.5) is 4.39 Å². The van der Waals surface area contributed by atoms with Crippen molar-refractivity contribution in [1.29, 1.82) is 0 Å². The highest BCUT2D eigenvalue weighted by atomic mass is 35.5. The number of halogens is 2. The van der Waals surface area contributed by atoms with Crippen molar-refractivity contribution in [1.82, 2.24) is 10.3 Å². The molecule has 16 heavy (non-hydrogen) atoms. The van der Waals surface area contributed by atoms with E-state index in [1.807, 2.05) is 0 Å². The summed E-state index contributed by atoms with van der Waals surface area (Å²) in [4.78, 5) is 13.9. The fourth-order valence-corrected chi connectivity index (χ4v) is 1.12. The van der Waals surface area contributed by atoms with E-state index in [1.165, 1.54) is 19.2 Å². The number of rotatable bonds is 2. The highest BCUT2D eigenvalue weighted by Gasteiger charge is 1.99. The van der Waals surface area contributed by atoms with Crippen LogP contribution in [-0.4, -0.2) is 17.4 Å². The zero-order chi connectivity index (χ0) is 12.0. The Balaban J connectivity index is 2.56. The van der Waals surface area contributed by atoms with Crippen LogP contribution < -0.4 is 5.32 Å². The van der Waals surface area contributed by atoms with E-state index in [-0.39, 0.29) is 5.91 Å². The van der Waals surface area contributed by atoms with Gasteiger partial charge in [0, 0.05) is 37.7 Å². The smallest absolute Gasteiger partial charge is 0.216 e. The Morgan fingerprint density at radius 1 is 1.69 bits per heavy atom. The molecule has 0 saturated heterocycles. The zero-order valence-corrected chi connectivity index (χ0v) is 9.44. The van der Waals surface area contributed by atoms with Crippen LogP contribution in [0, 0.1) is 17.8 Å². The van der Waals surface area contributed by atoms with Gasteiger partial charge in [-0.05, 0) is 0 Å². The first-order valence-electron chi connectivity index (χ1n) is 4.64. The maximum absolute atomic E-state index is 12.7. The van der Waals surface area contributed by atoms with Crippen molar-refractivity contribution in [2.24, 2.45) is 0 Å². The van der Waals surface area contributed by atoms with Gasteiger partial charge in [0.1, 0.15) is 0 Å². The van der Waals surface area contributed by atoms with Crippen molar-refractivity contribution in [2.75, 3.05) is 6.54 Å². The van der Waals surface area contributed by atoms with Crippen LogP contribution in [0.3, 0.4) is 0 Å². The molecule has 1 rings (SSSR count). The van der Waals surface area contributed by atoms with Gasteiger partial charge in [-0.15, -0.1) is 0 Å². The average Bonchev–Trinajstić information content (AvgIpc) is 2.22. The van der Waals surface area contributed by atoms with E-state index in [2.05, 4.69) is 22.1 Å². The molecule has 0 atom stereocenters. The third-order valence-electron chi connectivity index (χ3n) is 1.67. The summed E-state index contributed by atoms with van der Waals surface area (Å²) in [5.41, 5.74) is 0.400. The highest BCUT2D eigenvalue weighted by molar-refractivity contribution is 6.31. The summed E-state index contributed by atoms with van der Waals surface area (Å²) in [5, 5.41) is 2.91. The van der Waals surface area contributed by atoms with Gasteiger partial charge in [-0.3, -0.25) is 4.79 Å². The van der Waals surface area contributed by atoms with Crippen LogP contribution in [0.15, 0.2) is 12.3 Å². The Morgan fingerprint density at radius 3 is 3.12 bits per heavy atom. The molecule has 3 nitrogen and oxygen atoms in total. The third-order valence-corrected chi connectivity index (χ3v) is 1.97. The minimum Gasteiger partial charge on any atom is -0.355 e. The Labute approximate surface area is 98.0 Å². The fraction of sp³-hybridized carbons (Fsp3) is 0.273. The van der Waals surface area contributed by atoms with E-state index in [9.17, 15) is 9.18 Å². The van der Waals surface area contributed by atoms with Gasteiger partial charge >= 0.3 is 0 Å². The van der Waals surface area contributed by atoms with Crippen molar-refractivity contribution >= 4 is 17.5 Å². The molecule has 84 valence electrons. The Hall–Kier alpha value is -1.60. The second kappa shape index (κ2) is 6.09. The lowest BCUT2D eigenvalue weighted by molar-refractivity contribution is -0.118. The second-order valence-electron chi connectivity index (χ2n) is 3.02. The lowest BCUT2D eigenvalue weighted by atomic mass is 10.2. The summed E-state index contributed by atoms with van der Waals surface area (Å²) in [6.45, 7) is 1.90. The van der Waals surface area contributed by atoms with Gasteiger partial charge in [0.2, 0.25) is 11.9 Å². The number of aromatic nitrogens is 1. The quantitative estimate of drug-likeness (QED) is 0.486. The molecule has 0 spiro atoms. The minimum absolute atomic E-state index is 0.102. The summed E-state index contributed by atoms with van der Waals surface area (Å²) >= 11 is 5.76. The minimum atomic E-state index is -0.615.